The van der Waals surface area contributed by atoms with Gasteiger partial charge in [-0.25, -0.2) is 0 Å². The van der Waals surface area contributed by atoms with Crippen LogP contribution in [0.1, 0.15) is 39.0 Å². The molecule has 1 saturated carbocycles. The van der Waals surface area contributed by atoms with Gasteiger partial charge < -0.3 is 15.7 Å². The smallest absolute Gasteiger partial charge is 0.223 e. The summed E-state index contributed by atoms with van der Waals surface area (Å²) in [5.41, 5.74) is 0. The highest BCUT2D eigenvalue weighted by atomic mass is 32.2. The van der Waals surface area contributed by atoms with Crippen LogP contribution in [0.5, 0.6) is 0 Å². The largest absolute Gasteiger partial charge is 0.395 e. The van der Waals surface area contributed by atoms with E-state index in [-0.39, 0.29) is 42.1 Å². The van der Waals surface area contributed by atoms with Crippen molar-refractivity contribution in [3.63, 3.8) is 0 Å². The van der Waals surface area contributed by atoms with Gasteiger partial charge in [0.15, 0.2) is 0 Å². The maximum absolute atomic E-state index is 11.8. The minimum Gasteiger partial charge on any atom is -0.395 e. The summed E-state index contributed by atoms with van der Waals surface area (Å²) in [5.74, 6) is 0.143. The molecule has 1 aliphatic rings. The number of hydrogen-bond acceptors (Lipinski definition) is 4. The Hall–Kier alpha value is -0.750. The molecule has 0 heterocycles. The standard InChI is InChI=1S/C14H26N2O3S/c1-10(12(9-17)20-2)16-13(18)7-8-15-14(19)11-5-3-4-6-11/h10-12,17H,3-9H2,1-2H3,(H,15,19)(H,16,18). The van der Waals surface area contributed by atoms with E-state index in [1.54, 1.807) is 0 Å². The van der Waals surface area contributed by atoms with Crippen molar-refractivity contribution in [3.05, 3.63) is 0 Å². The molecule has 5 nitrogen and oxygen atoms in total. The number of hydrogen-bond donors (Lipinski definition) is 3. The predicted octanol–water partition coefficient (Wildman–Crippen LogP) is 0.911. The second-order valence-electron chi connectivity index (χ2n) is 5.34. The molecule has 6 heteroatoms. The average Bonchev–Trinajstić information content (AvgIpc) is 2.93. The van der Waals surface area contributed by atoms with Crippen molar-refractivity contribution in [1.29, 1.82) is 0 Å². The Morgan fingerprint density at radius 2 is 2.00 bits per heavy atom. The first kappa shape index (κ1) is 17.3. The van der Waals surface area contributed by atoms with Crippen LogP contribution in [0.15, 0.2) is 0 Å². The molecule has 0 radical (unpaired) electrons. The first-order valence-corrected chi connectivity index (χ1v) is 8.58. The minimum absolute atomic E-state index is 0.00651. The van der Waals surface area contributed by atoms with E-state index in [1.165, 1.54) is 11.8 Å². The average molecular weight is 302 g/mol. The normalized spacial score (nSPS) is 18.6. The first-order chi connectivity index (χ1) is 9.58. The summed E-state index contributed by atoms with van der Waals surface area (Å²) in [6, 6.07) is -0.0759. The Balaban J connectivity index is 2.17. The Kier molecular flexibility index (Phi) is 7.99. The molecule has 2 unspecified atom stereocenters. The van der Waals surface area contributed by atoms with Crippen LogP contribution >= 0.6 is 11.8 Å². The third-order valence-corrected chi connectivity index (χ3v) is 4.97. The van der Waals surface area contributed by atoms with Gasteiger partial charge in [0.05, 0.1) is 6.61 Å². The van der Waals surface area contributed by atoms with Crippen LogP contribution < -0.4 is 10.6 Å². The summed E-state index contributed by atoms with van der Waals surface area (Å²) in [6.07, 6.45) is 6.41. The van der Waals surface area contributed by atoms with Crippen LogP contribution in [0.25, 0.3) is 0 Å². The van der Waals surface area contributed by atoms with Crippen LogP contribution in [0.4, 0.5) is 0 Å². The fourth-order valence-corrected chi connectivity index (χ4v) is 3.11. The van der Waals surface area contributed by atoms with Gasteiger partial charge in [-0.2, -0.15) is 11.8 Å². The van der Waals surface area contributed by atoms with Crippen molar-refractivity contribution < 1.29 is 14.7 Å². The molecule has 2 amide bonds. The first-order valence-electron chi connectivity index (χ1n) is 7.29. The van der Waals surface area contributed by atoms with E-state index in [0.717, 1.165) is 25.7 Å². The lowest BCUT2D eigenvalue weighted by atomic mass is 10.1. The number of rotatable bonds is 8. The van der Waals surface area contributed by atoms with Crippen molar-refractivity contribution in [3.8, 4) is 0 Å². The third kappa shape index (κ3) is 5.71. The lowest BCUT2D eigenvalue weighted by Gasteiger charge is -2.21. The van der Waals surface area contributed by atoms with E-state index in [1.807, 2.05) is 13.2 Å². The molecule has 0 aromatic rings. The van der Waals surface area contributed by atoms with Gasteiger partial charge in [-0.1, -0.05) is 12.8 Å². The van der Waals surface area contributed by atoms with Gasteiger partial charge in [0.1, 0.15) is 0 Å². The molecule has 0 bridgehead atoms. The third-order valence-electron chi connectivity index (χ3n) is 3.81. The SMILES string of the molecule is CSC(CO)C(C)NC(=O)CCNC(=O)C1CCCC1. The van der Waals surface area contributed by atoms with Crippen LogP contribution in [-0.4, -0.2) is 47.6 Å². The van der Waals surface area contributed by atoms with Gasteiger partial charge in [-0.3, -0.25) is 9.59 Å². The molecule has 3 N–H and O–H groups in total. The molecular formula is C14H26N2O3S. The highest BCUT2D eigenvalue weighted by Crippen LogP contribution is 2.24. The van der Waals surface area contributed by atoms with Crippen LogP contribution in [0, 0.1) is 5.92 Å². The fraction of sp³-hybridized carbons (Fsp3) is 0.857. The monoisotopic (exact) mass is 302 g/mol. The van der Waals surface area contributed by atoms with Gasteiger partial charge in [0, 0.05) is 30.2 Å². The molecule has 116 valence electrons. The lowest BCUT2D eigenvalue weighted by molar-refractivity contribution is -0.125. The predicted molar refractivity (Wildman–Crippen MR) is 81.6 cm³/mol. The maximum Gasteiger partial charge on any atom is 0.223 e. The number of thioether (sulfide) groups is 1. The molecule has 1 fully saturated rings. The summed E-state index contributed by atoms with van der Waals surface area (Å²) >= 11 is 1.53. The van der Waals surface area contributed by atoms with Crippen LogP contribution in [0.2, 0.25) is 0 Å². The number of amides is 2. The molecule has 1 aliphatic carbocycles. The van der Waals surface area contributed by atoms with Crippen molar-refractivity contribution in [2.24, 2.45) is 5.92 Å². The van der Waals surface area contributed by atoms with E-state index in [4.69, 9.17) is 5.11 Å². The van der Waals surface area contributed by atoms with Crippen molar-refractivity contribution in [1.82, 2.24) is 10.6 Å². The Morgan fingerprint density at radius 3 is 2.55 bits per heavy atom. The van der Waals surface area contributed by atoms with Crippen molar-refractivity contribution in [2.45, 2.75) is 50.3 Å². The van der Waals surface area contributed by atoms with Crippen molar-refractivity contribution >= 4 is 23.6 Å². The molecule has 0 aromatic heterocycles. The zero-order chi connectivity index (χ0) is 15.0. The van der Waals surface area contributed by atoms with Crippen LogP contribution in [-0.2, 0) is 9.59 Å². The second kappa shape index (κ2) is 9.23. The van der Waals surface area contributed by atoms with Gasteiger partial charge in [-0.15, -0.1) is 0 Å². The molecule has 0 aliphatic heterocycles. The van der Waals surface area contributed by atoms with Gasteiger partial charge in [0.2, 0.25) is 11.8 Å². The number of carbonyl (C=O) groups excluding carboxylic acids is 2. The lowest BCUT2D eigenvalue weighted by Crippen LogP contribution is -2.42. The number of aliphatic hydroxyl groups is 1. The Bertz CT molecular complexity index is 316. The summed E-state index contributed by atoms with van der Waals surface area (Å²) in [4.78, 5) is 23.5. The van der Waals surface area contributed by atoms with Gasteiger partial charge in [0.25, 0.3) is 0 Å². The van der Waals surface area contributed by atoms with Gasteiger partial charge in [-0.05, 0) is 26.0 Å². The maximum atomic E-state index is 11.8. The topological polar surface area (TPSA) is 78.4 Å². The van der Waals surface area contributed by atoms with Crippen LogP contribution in [0.3, 0.4) is 0 Å². The number of carbonyl (C=O) groups is 2. The number of nitrogens with one attached hydrogen (secondary N) is 2. The highest BCUT2D eigenvalue weighted by molar-refractivity contribution is 7.99. The Morgan fingerprint density at radius 1 is 1.35 bits per heavy atom. The molecule has 20 heavy (non-hydrogen) atoms. The molecular weight excluding hydrogens is 276 g/mol. The quantitative estimate of drug-likeness (QED) is 0.623. The fourth-order valence-electron chi connectivity index (χ4n) is 2.49. The van der Waals surface area contributed by atoms with E-state index in [0.29, 0.717) is 6.54 Å². The molecule has 0 saturated heterocycles. The van der Waals surface area contributed by atoms with E-state index in [9.17, 15) is 9.59 Å². The zero-order valence-corrected chi connectivity index (χ0v) is 13.2. The van der Waals surface area contributed by atoms with E-state index >= 15 is 0 Å². The highest BCUT2D eigenvalue weighted by Gasteiger charge is 2.22. The molecule has 0 aromatic carbocycles. The molecule has 0 spiro atoms. The summed E-state index contributed by atoms with van der Waals surface area (Å²) in [6.45, 7) is 2.31. The van der Waals surface area contributed by atoms with Crippen molar-refractivity contribution in [2.75, 3.05) is 19.4 Å². The zero-order valence-electron chi connectivity index (χ0n) is 12.4. The molecule has 1 rings (SSSR count). The van der Waals surface area contributed by atoms with Gasteiger partial charge >= 0.3 is 0 Å². The summed E-state index contributed by atoms with van der Waals surface area (Å²) in [5, 5.41) is 14.8. The van der Waals surface area contributed by atoms with E-state index in [2.05, 4.69) is 10.6 Å². The molecule has 2 atom stereocenters. The summed E-state index contributed by atoms with van der Waals surface area (Å²) < 4.78 is 0. The van der Waals surface area contributed by atoms with E-state index < -0.39 is 0 Å². The Labute approximate surface area is 125 Å². The minimum atomic E-state index is -0.0864. The summed E-state index contributed by atoms with van der Waals surface area (Å²) in [7, 11) is 0. The second-order valence-corrected chi connectivity index (χ2v) is 6.41. The number of aliphatic hydroxyl groups excluding tert-OH is 1.